The van der Waals surface area contributed by atoms with Crippen LogP contribution in [0.5, 0.6) is 0 Å². The number of carbonyl (C=O) groups is 1. The van der Waals surface area contributed by atoms with Gasteiger partial charge in [-0.2, -0.15) is 0 Å². The molecule has 1 aliphatic rings. The molecule has 1 heterocycles. The summed E-state index contributed by atoms with van der Waals surface area (Å²) >= 11 is 0. The Balaban J connectivity index is 1.61. The van der Waals surface area contributed by atoms with Crippen LogP contribution in [0.15, 0.2) is 72.9 Å². The van der Waals surface area contributed by atoms with E-state index < -0.39 is 0 Å². The summed E-state index contributed by atoms with van der Waals surface area (Å²) in [7, 11) is 0. The van der Waals surface area contributed by atoms with Crippen LogP contribution in [0.25, 0.3) is 0 Å². The van der Waals surface area contributed by atoms with Gasteiger partial charge in [-0.15, -0.1) is 0 Å². The summed E-state index contributed by atoms with van der Waals surface area (Å²) in [5, 5.41) is 0. The standard InChI is InChI=1S/C19H19NO2/c1-15-18(22-14-17-10-6-3-7-11-17)12-19(21)20(15)13-16-8-4-2-5-9-16/h2-11,18H,1,12-14H2/t18-/m0/s1. The second-order valence-corrected chi connectivity index (χ2v) is 5.45. The van der Waals surface area contributed by atoms with Gasteiger partial charge in [-0.05, 0) is 11.1 Å². The number of nitrogens with zero attached hydrogens (tertiary/aromatic N) is 1. The minimum Gasteiger partial charge on any atom is -0.367 e. The largest absolute Gasteiger partial charge is 0.367 e. The molecule has 2 aromatic carbocycles. The Morgan fingerprint density at radius 2 is 1.59 bits per heavy atom. The maximum Gasteiger partial charge on any atom is 0.230 e. The molecule has 0 unspecified atom stereocenters. The molecule has 1 fully saturated rings. The first-order valence-electron chi connectivity index (χ1n) is 7.42. The van der Waals surface area contributed by atoms with Crippen LogP contribution in [0.3, 0.4) is 0 Å². The molecule has 0 saturated carbocycles. The zero-order valence-corrected chi connectivity index (χ0v) is 12.4. The Labute approximate surface area is 130 Å². The zero-order chi connectivity index (χ0) is 15.4. The molecule has 1 aliphatic heterocycles. The predicted molar refractivity (Wildman–Crippen MR) is 85.8 cm³/mol. The molecule has 22 heavy (non-hydrogen) atoms. The van der Waals surface area contributed by atoms with Crippen LogP contribution >= 0.6 is 0 Å². The molecule has 1 amide bonds. The summed E-state index contributed by atoms with van der Waals surface area (Å²) in [5.41, 5.74) is 2.95. The second-order valence-electron chi connectivity index (χ2n) is 5.45. The number of ether oxygens (including phenoxy) is 1. The molecule has 3 nitrogen and oxygen atoms in total. The van der Waals surface area contributed by atoms with E-state index in [4.69, 9.17) is 4.74 Å². The molecular formula is C19H19NO2. The third-order valence-electron chi connectivity index (χ3n) is 3.86. The van der Waals surface area contributed by atoms with Crippen LogP contribution in [-0.2, 0) is 22.7 Å². The quantitative estimate of drug-likeness (QED) is 0.844. The lowest BCUT2D eigenvalue weighted by Gasteiger charge is -2.19. The summed E-state index contributed by atoms with van der Waals surface area (Å²) in [6, 6.07) is 19.9. The average molecular weight is 293 g/mol. The normalized spacial score (nSPS) is 18.0. The Morgan fingerprint density at radius 3 is 2.23 bits per heavy atom. The number of hydrogen-bond acceptors (Lipinski definition) is 2. The van der Waals surface area contributed by atoms with Crippen LogP contribution in [0.4, 0.5) is 0 Å². The minimum atomic E-state index is -0.226. The van der Waals surface area contributed by atoms with Crippen molar-refractivity contribution in [2.45, 2.75) is 25.7 Å². The molecule has 0 spiro atoms. The van der Waals surface area contributed by atoms with E-state index in [2.05, 4.69) is 6.58 Å². The monoisotopic (exact) mass is 293 g/mol. The van der Waals surface area contributed by atoms with Crippen molar-refractivity contribution >= 4 is 5.91 Å². The molecule has 0 radical (unpaired) electrons. The molecule has 3 rings (SSSR count). The fourth-order valence-electron chi connectivity index (χ4n) is 2.60. The predicted octanol–water partition coefficient (Wildman–Crippen LogP) is 3.52. The number of carbonyl (C=O) groups excluding carboxylic acids is 1. The summed E-state index contributed by atoms with van der Waals surface area (Å²) < 4.78 is 5.88. The maximum absolute atomic E-state index is 12.2. The number of amides is 1. The summed E-state index contributed by atoms with van der Waals surface area (Å²) in [4.78, 5) is 13.9. The number of benzene rings is 2. The van der Waals surface area contributed by atoms with Gasteiger partial charge >= 0.3 is 0 Å². The number of likely N-dealkylation sites (tertiary alicyclic amines) is 1. The molecule has 2 aromatic rings. The van der Waals surface area contributed by atoms with E-state index in [1.807, 2.05) is 60.7 Å². The van der Waals surface area contributed by atoms with Gasteiger partial charge < -0.3 is 9.64 Å². The Morgan fingerprint density at radius 1 is 1.00 bits per heavy atom. The van der Waals surface area contributed by atoms with Crippen molar-refractivity contribution in [3.05, 3.63) is 84.1 Å². The van der Waals surface area contributed by atoms with Crippen LogP contribution in [0.1, 0.15) is 17.5 Å². The summed E-state index contributed by atoms with van der Waals surface area (Å²) in [6.45, 7) is 5.11. The van der Waals surface area contributed by atoms with E-state index in [0.29, 0.717) is 19.6 Å². The van der Waals surface area contributed by atoms with E-state index in [1.165, 1.54) is 0 Å². The van der Waals surface area contributed by atoms with Gasteiger partial charge in [0, 0.05) is 5.70 Å². The van der Waals surface area contributed by atoms with E-state index in [9.17, 15) is 4.79 Å². The minimum absolute atomic E-state index is 0.0758. The Bertz CT molecular complexity index is 652. The highest BCUT2D eigenvalue weighted by Crippen LogP contribution is 2.27. The zero-order valence-electron chi connectivity index (χ0n) is 12.4. The van der Waals surface area contributed by atoms with Crippen molar-refractivity contribution in [2.75, 3.05) is 0 Å². The summed E-state index contributed by atoms with van der Waals surface area (Å²) in [6.07, 6.45) is 0.148. The molecule has 0 aliphatic carbocycles. The van der Waals surface area contributed by atoms with Crippen molar-refractivity contribution in [1.82, 2.24) is 4.90 Å². The van der Waals surface area contributed by atoms with Gasteiger partial charge in [0.05, 0.1) is 19.6 Å². The van der Waals surface area contributed by atoms with Crippen molar-refractivity contribution in [3.63, 3.8) is 0 Å². The molecule has 0 aromatic heterocycles. The molecule has 0 bridgehead atoms. The van der Waals surface area contributed by atoms with E-state index >= 15 is 0 Å². The van der Waals surface area contributed by atoms with Crippen LogP contribution < -0.4 is 0 Å². The molecule has 3 heteroatoms. The molecular weight excluding hydrogens is 274 g/mol. The maximum atomic E-state index is 12.2. The fraction of sp³-hybridized carbons (Fsp3) is 0.211. The number of hydrogen-bond donors (Lipinski definition) is 0. The smallest absolute Gasteiger partial charge is 0.230 e. The van der Waals surface area contributed by atoms with Gasteiger partial charge in [-0.3, -0.25) is 4.79 Å². The lowest BCUT2D eigenvalue weighted by atomic mass is 10.2. The van der Waals surface area contributed by atoms with Gasteiger partial charge in [0.1, 0.15) is 6.10 Å². The third-order valence-corrected chi connectivity index (χ3v) is 3.86. The average Bonchev–Trinajstić information content (AvgIpc) is 2.82. The van der Waals surface area contributed by atoms with E-state index in [1.54, 1.807) is 4.90 Å². The fourth-order valence-corrected chi connectivity index (χ4v) is 2.60. The first-order chi connectivity index (χ1) is 10.7. The summed E-state index contributed by atoms with van der Waals surface area (Å²) in [5.74, 6) is 0.0758. The number of rotatable bonds is 5. The van der Waals surface area contributed by atoms with E-state index in [-0.39, 0.29) is 12.0 Å². The lowest BCUT2D eigenvalue weighted by Crippen LogP contribution is -2.23. The van der Waals surface area contributed by atoms with Crippen LogP contribution in [-0.4, -0.2) is 16.9 Å². The molecule has 112 valence electrons. The van der Waals surface area contributed by atoms with Crippen molar-refractivity contribution in [3.8, 4) is 0 Å². The highest BCUT2D eigenvalue weighted by Gasteiger charge is 2.34. The van der Waals surface area contributed by atoms with Crippen LogP contribution in [0.2, 0.25) is 0 Å². The van der Waals surface area contributed by atoms with Gasteiger partial charge in [0.25, 0.3) is 0 Å². The van der Waals surface area contributed by atoms with Crippen molar-refractivity contribution in [1.29, 1.82) is 0 Å². The van der Waals surface area contributed by atoms with Crippen molar-refractivity contribution < 1.29 is 9.53 Å². The topological polar surface area (TPSA) is 29.5 Å². The van der Waals surface area contributed by atoms with Crippen molar-refractivity contribution in [2.24, 2.45) is 0 Å². The van der Waals surface area contributed by atoms with Gasteiger partial charge in [0.15, 0.2) is 0 Å². The first-order valence-corrected chi connectivity index (χ1v) is 7.42. The Hall–Kier alpha value is -2.39. The third kappa shape index (κ3) is 3.26. The SMILES string of the molecule is C=C1[C@@H](OCc2ccccc2)CC(=O)N1Cc1ccccc1. The van der Waals surface area contributed by atoms with Gasteiger partial charge in [-0.25, -0.2) is 0 Å². The van der Waals surface area contributed by atoms with E-state index in [0.717, 1.165) is 16.8 Å². The van der Waals surface area contributed by atoms with Gasteiger partial charge in [-0.1, -0.05) is 67.2 Å². The van der Waals surface area contributed by atoms with Gasteiger partial charge in [0.2, 0.25) is 5.91 Å². The highest BCUT2D eigenvalue weighted by atomic mass is 16.5. The highest BCUT2D eigenvalue weighted by molar-refractivity contribution is 5.82. The second kappa shape index (κ2) is 6.58. The Kier molecular flexibility index (Phi) is 4.35. The molecule has 1 saturated heterocycles. The lowest BCUT2D eigenvalue weighted by molar-refractivity contribution is -0.127. The molecule has 0 N–H and O–H groups in total. The molecule has 1 atom stereocenters. The van der Waals surface area contributed by atoms with Crippen LogP contribution in [0, 0.1) is 0 Å². The first kappa shape index (κ1) is 14.5.